The molecule has 20 heavy (non-hydrogen) atoms. The molecule has 0 aliphatic carbocycles. The number of rotatable bonds is 2. The van der Waals surface area contributed by atoms with Crippen LogP contribution in [-0.2, 0) is 0 Å². The van der Waals surface area contributed by atoms with Crippen molar-refractivity contribution in [3.05, 3.63) is 90.0 Å². The van der Waals surface area contributed by atoms with Crippen molar-refractivity contribution in [3.63, 3.8) is 0 Å². The van der Waals surface area contributed by atoms with Crippen LogP contribution in [0.5, 0.6) is 0 Å². The number of hydrogen-bond donors (Lipinski definition) is 0. The van der Waals surface area contributed by atoms with E-state index in [9.17, 15) is 0 Å². The number of aryl methyl sites for hydroxylation is 2. The lowest BCUT2D eigenvalue weighted by Gasteiger charge is -1.90. The predicted octanol–water partition coefficient (Wildman–Crippen LogP) is 6.22. The second-order valence-electron chi connectivity index (χ2n) is 4.16. The molecule has 0 saturated carbocycles. The quantitative estimate of drug-likeness (QED) is 0.566. The molecule has 0 bridgehead atoms. The van der Waals surface area contributed by atoms with Gasteiger partial charge in [0.25, 0.3) is 0 Å². The summed E-state index contributed by atoms with van der Waals surface area (Å²) in [7, 11) is 0. The van der Waals surface area contributed by atoms with Crippen molar-refractivity contribution in [1.29, 1.82) is 0 Å². The molecular formula is C20H26. The lowest BCUT2D eigenvalue weighted by Crippen LogP contribution is -1.70. The lowest BCUT2D eigenvalue weighted by molar-refractivity contribution is 1.40. The molecule has 0 saturated heterocycles. The van der Waals surface area contributed by atoms with Crippen LogP contribution in [0.15, 0.2) is 73.3 Å². The van der Waals surface area contributed by atoms with E-state index in [1.54, 1.807) is 6.08 Å². The van der Waals surface area contributed by atoms with Gasteiger partial charge in [0, 0.05) is 0 Å². The average Bonchev–Trinajstić information content (AvgIpc) is 2.52. The Labute approximate surface area is 124 Å². The van der Waals surface area contributed by atoms with Crippen LogP contribution in [0.2, 0.25) is 0 Å². The van der Waals surface area contributed by atoms with Crippen molar-refractivity contribution in [1.82, 2.24) is 0 Å². The molecule has 0 aromatic heterocycles. The highest BCUT2D eigenvalue weighted by Crippen LogP contribution is 2.00. The number of allylic oxidation sites excluding steroid dienone is 2. The van der Waals surface area contributed by atoms with Crippen molar-refractivity contribution in [2.75, 3.05) is 0 Å². The molecule has 0 fully saturated rings. The van der Waals surface area contributed by atoms with Gasteiger partial charge in [-0.2, -0.15) is 0 Å². The second kappa shape index (κ2) is 12.0. The molecule has 0 radical (unpaired) electrons. The SMILES string of the molecule is C=C/C=C/c1ccccc1.CC.Cc1ccc(C)cc1. The zero-order valence-corrected chi connectivity index (χ0v) is 13.1. The van der Waals surface area contributed by atoms with Gasteiger partial charge in [-0.3, -0.25) is 0 Å². The van der Waals surface area contributed by atoms with Crippen molar-refractivity contribution in [2.24, 2.45) is 0 Å². The molecule has 2 aromatic rings. The third-order valence-electron chi connectivity index (χ3n) is 2.44. The van der Waals surface area contributed by atoms with Gasteiger partial charge in [0.15, 0.2) is 0 Å². The third-order valence-corrected chi connectivity index (χ3v) is 2.44. The Morgan fingerprint density at radius 1 is 0.750 bits per heavy atom. The molecule has 0 atom stereocenters. The Balaban J connectivity index is 0.000000327. The van der Waals surface area contributed by atoms with Crippen LogP contribution in [0, 0.1) is 13.8 Å². The van der Waals surface area contributed by atoms with E-state index in [-0.39, 0.29) is 0 Å². The molecule has 0 aliphatic rings. The highest BCUT2D eigenvalue weighted by atomic mass is 13.9. The van der Waals surface area contributed by atoms with E-state index in [1.165, 1.54) is 16.7 Å². The molecule has 0 heteroatoms. The predicted molar refractivity (Wildman–Crippen MR) is 92.9 cm³/mol. The Morgan fingerprint density at radius 3 is 1.60 bits per heavy atom. The Kier molecular flexibility index (Phi) is 10.7. The summed E-state index contributed by atoms with van der Waals surface area (Å²) in [5, 5.41) is 0. The van der Waals surface area contributed by atoms with E-state index in [0.717, 1.165) is 0 Å². The summed E-state index contributed by atoms with van der Waals surface area (Å²) in [5.74, 6) is 0. The van der Waals surface area contributed by atoms with Crippen LogP contribution in [0.4, 0.5) is 0 Å². The van der Waals surface area contributed by atoms with Crippen LogP contribution < -0.4 is 0 Å². The minimum Gasteiger partial charge on any atom is -0.0991 e. The van der Waals surface area contributed by atoms with Crippen LogP contribution in [0.3, 0.4) is 0 Å². The van der Waals surface area contributed by atoms with E-state index in [1.807, 2.05) is 44.2 Å². The Bertz CT molecular complexity index is 454. The zero-order chi connectivity index (χ0) is 15.2. The Hall–Kier alpha value is -2.08. The molecular weight excluding hydrogens is 240 g/mol. The lowest BCUT2D eigenvalue weighted by atomic mass is 10.2. The molecule has 2 rings (SSSR count). The first-order chi connectivity index (χ1) is 9.72. The maximum atomic E-state index is 3.59. The molecule has 2 aromatic carbocycles. The van der Waals surface area contributed by atoms with E-state index < -0.39 is 0 Å². The monoisotopic (exact) mass is 266 g/mol. The number of hydrogen-bond acceptors (Lipinski definition) is 0. The zero-order valence-electron chi connectivity index (χ0n) is 13.1. The first kappa shape index (κ1) is 17.9. The smallest absolute Gasteiger partial charge is 0.0257 e. The first-order valence-corrected chi connectivity index (χ1v) is 7.10. The van der Waals surface area contributed by atoms with E-state index in [4.69, 9.17) is 0 Å². The summed E-state index contributed by atoms with van der Waals surface area (Å²) in [5.41, 5.74) is 3.87. The molecule has 0 amide bonds. The van der Waals surface area contributed by atoms with E-state index in [0.29, 0.717) is 0 Å². The summed E-state index contributed by atoms with van der Waals surface area (Å²) in [6.45, 7) is 11.8. The molecule has 0 spiro atoms. The number of benzene rings is 2. The fraction of sp³-hybridized carbons (Fsp3) is 0.200. The van der Waals surface area contributed by atoms with Crippen LogP contribution in [0.1, 0.15) is 30.5 Å². The van der Waals surface area contributed by atoms with Crippen molar-refractivity contribution in [3.8, 4) is 0 Å². The summed E-state index contributed by atoms with van der Waals surface area (Å²) >= 11 is 0. The van der Waals surface area contributed by atoms with E-state index >= 15 is 0 Å². The van der Waals surface area contributed by atoms with Gasteiger partial charge in [0.05, 0.1) is 0 Å². The maximum absolute atomic E-state index is 3.59. The van der Waals surface area contributed by atoms with Gasteiger partial charge in [0.1, 0.15) is 0 Å². The van der Waals surface area contributed by atoms with Gasteiger partial charge in [-0.05, 0) is 19.4 Å². The van der Waals surface area contributed by atoms with Crippen LogP contribution in [-0.4, -0.2) is 0 Å². The molecule has 0 unspecified atom stereocenters. The minimum absolute atomic E-state index is 1.21. The average molecular weight is 266 g/mol. The fourth-order valence-electron chi connectivity index (χ4n) is 1.38. The molecule has 0 nitrogen and oxygen atoms in total. The van der Waals surface area contributed by atoms with Crippen molar-refractivity contribution in [2.45, 2.75) is 27.7 Å². The molecule has 0 heterocycles. The topological polar surface area (TPSA) is 0 Å². The van der Waals surface area contributed by atoms with Crippen molar-refractivity contribution >= 4 is 6.08 Å². The van der Waals surface area contributed by atoms with Gasteiger partial charge in [0.2, 0.25) is 0 Å². The maximum Gasteiger partial charge on any atom is -0.0257 e. The molecule has 106 valence electrons. The Morgan fingerprint density at radius 2 is 1.20 bits per heavy atom. The fourth-order valence-corrected chi connectivity index (χ4v) is 1.38. The van der Waals surface area contributed by atoms with Crippen LogP contribution >= 0.6 is 0 Å². The standard InChI is InChI=1S/C10H10.C8H10.C2H6/c1-2-3-7-10-8-5-4-6-9-10;1-7-3-5-8(2)6-4-7;1-2/h2-9H,1H2;3-6H,1-2H3;1-2H3/b7-3+;;. The van der Waals surface area contributed by atoms with Gasteiger partial charge >= 0.3 is 0 Å². The largest absolute Gasteiger partial charge is 0.0991 e. The summed E-state index contributed by atoms with van der Waals surface area (Å²) in [4.78, 5) is 0. The van der Waals surface area contributed by atoms with Crippen molar-refractivity contribution < 1.29 is 0 Å². The normalized spacial score (nSPS) is 9.00. The van der Waals surface area contributed by atoms with Gasteiger partial charge in [-0.25, -0.2) is 0 Å². The summed E-state index contributed by atoms with van der Waals surface area (Å²) in [6, 6.07) is 18.6. The minimum atomic E-state index is 1.21. The second-order valence-corrected chi connectivity index (χ2v) is 4.16. The molecule has 0 N–H and O–H groups in total. The van der Waals surface area contributed by atoms with E-state index in [2.05, 4.69) is 56.8 Å². The first-order valence-electron chi connectivity index (χ1n) is 7.10. The van der Waals surface area contributed by atoms with Gasteiger partial charge in [-0.15, -0.1) is 0 Å². The summed E-state index contributed by atoms with van der Waals surface area (Å²) < 4.78 is 0. The highest BCUT2D eigenvalue weighted by Gasteiger charge is 1.80. The van der Waals surface area contributed by atoms with Crippen LogP contribution in [0.25, 0.3) is 6.08 Å². The van der Waals surface area contributed by atoms with Gasteiger partial charge in [-0.1, -0.05) is 104 Å². The third kappa shape index (κ3) is 8.93. The molecule has 0 aliphatic heterocycles. The van der Waals surface area contributed by atoms with Gasteiger partial charge < -0.3 is 0 Å². The highest BCUT2D eigenvalue weighted by molar-refractivity contribution is 5.50. The summed E-state index contributed by atoms with van der Waals surface area (Å²) in [6.07, 6.45) is 5.72.